The highest BCUT2D eigenvalue weighted by molar-refractivity contribution is 6.02. The molecule has 0 aliphatic heterocycles. The average molecular weight is 368 g/mol. The summed E-state index contributed by atoms with van der Waals surface area (Å²) in [6.07, 6.45) is 1.42. The van der Waals surface area contributed by atoms with Gasteiger partial charge in [0.15, 0.2) is 11.5 Å². The highest BCUT2D eigenvalue weighted by Gasteiger charge is 2.19. The Balaban J connectivity index is 1.68. The highest BCUT2D eigenvalue weighted by atomic mass is 16.5. The van der Waals surface area contributed by atoms with Crippen LogP contribution in [-0.4, -0.2) is 40.7 Å². The number of nitrogens with one attached hydrogen (secondary N) is 1. The number of anilines is 1. The molecule has 0 atom stereocenters. The number of aromatic nitrogens is 2. The lowest BCUT2D eigenvalue weighted by Gasteiger charge is -2.16. The summed E-state index contributed by atoms with van der Waals surface area (Å²) in [6.45, 7) is 0.424. The van der Waals surface area contributed by atoms with Crippen molar-refractivity contribution in [2.75, 3.05) is 19.5 Å². The van der Waals surface area contributed by atoms with Gasteiger partial charge >= 0.3 is 0 Å². The molecule has 0 fully saturated rings. The minimum atomic E-state index is -0.409. The maximum absolute atomic E-state index is 12.6. The molecule has 1 N–H and O–H groups in total. The third-order valence-electron chi connectivity index (χ3n) is 4.01. The summed E-state index contributed by atoms with van der Waals surface area (Å²) in [5, 5.41) is 6.87. The average Bonchev–Trinajstić information content (AvgIpc) is 3.32. The Bertz CT molecular complexity index is 929. The van der Waals surface area contributed by atoms with E-state index in [4.69, 9.17) is 9.15 Å². The van der Waals surface area contributed by atoms with Gasteiger partial charge in [0.25, 0.3) is 11.8 Å². The van der Waals surface area contributed by atoms with Gasteiger partial charge in [-0.1, -0.05) is 12.1 Å². The molecule has 8 heteroatoms. The Morgan fingerprint density at radius 1 is 1.26 bits per heavy atom. The van der Waals surface area contributed by atoms with Crippen LogP contribution in [0.3, 0.4) is 0 Å². The molecule has 0 radical (unpaired) electrons. The molecule has 0 spiro atoms. The molecule has 27 heavy (non-hydrogen) atoms. The number of carbonyl (C=O) groups excluding carboxylic acids is 2. The van der Waals surface area contributed by atoms with Crippen molar-refractivity contribution in [1.82, 2.24) is 14.7 Å². The first-order valence-corrected chi connectivity index (χ1v) is 8.25. The number of carbonyl (C=O) groups is 2. The molecule has 2 aromatic heterocycles. The summed E-state index contributed by atoms with van der Waals surface area (Å²) >= 11 is 0. The molecule has 0 bridgehead atoms. The van der Waals surface area contributed by atoms with E-state index in [-0.39, 0.29) is 17.4 Å². The largest absolute Gasteiger partial charge is 0.497 e. The van der Waals surface area contributed by atoms with Crippen LogP contribution in [0, 0.1) is 0 Å². The van der Waals surface area contributed by atoms with E-state index in [1.807, 2.05) is 24.3 Å². The van der Waals surface area contributed by atoms with E-state index in [0.717, 1.165) is 11.3 Å². The van der Waals surface area contributed by atoms with Crippen LogP contribution < -0.4 is 10.1 Å². The quantitative estimate of drug-likeness (QED) is 0.722. The monoisotopic (exact) mass is 368 g/mol. The maximum Gasteiger partial charge on any atom is 0.292 e. The normalized spacial score (nSPS) is 10.5. The molecular weight excluding hydrogens is 348 g/mol. The van der Waals surface area contributed by atoms with E-state index in [1.54, 1.807) is 38.2 Å². The smallest absolute Gasteiger partial charge is 0.292 e. The SMILES string of the molecule is COc1ccc(CN(C)C(=O)c2cc(NC(=O)c3ccco3)n(C)n2)cc1. The fourth-order valence-electron chi connectivity index (χ4n) is 2.55. The van der Waals surface area contributed by atoms with Gasteiger partial charge in [-0.2, -0.15) is 5.10 Å². The van der Waals surface area contributed by atoms with Crippen LogP contribution in [0.4, 0.5) is 5.82 Å². The van der Waals surface area contributed by atoms with Gasteiger partial charge in [-0.15, -0.1) is 0 Å². The van der Waals surface area contributed by atoms with Gasteiger partial charge in [0.1, 0.15) is 11.6 Å². The first kappa shape index (κ1) is 18.2. The van der Waals surface area contributed by atoms with Gasteiger partial charge in [-0.3, -0.25) is 14.3 Å². The maximum atomic E-state index is 12.6. The molecule has 0 saturated carbocycles. The molecule has 140 valence electrons. The topological polar surface area (TPSA) is 89.6 Å². The predicted molar refractivity (Wildman–Crippen MR) is 98.7 cm³/mol. The number of amides is 2. The summed E-state index contributed by atoms with van der Waals surface area (Å²) in [4.78, 5) is 26.3. The number of aryl methyl sites for hydroxylation is 1. The lowest BCUT2D eigenvalue weighted by molar-refractivity contribution is 0.0778. The van der Waals surface area contributed by atoms with Gasteiger partial charge in [-0.25, -0.2) is 0 Å². The number of benzene rings is 1. The molecule has 3 aromatic rings. The van der Waals surface area contributed by atoms with Gasteiger partial charge in [0.2, 0.25) is 0 Å². The van der Waals surface area contributed by atoms with Crippen molar-refractivity contribution < 1.29 is 18.7 Å². The van der Waals surface area contributed by atoms with Gasteiger partial charge in [-0.05, 0) is 29.8 Å². The molecule has 0 unspecified atom stereocenters. The fraction of sp³-hybridized carbons (Fsp3) is 0.211. The zero-order chi connectivity index (χ0) is 19.4. The lowest BCUT2D eigenvalue weighted by Crippen LogP contribution is -2.26. The number of rotatable bonds is 6. The van der Waals surface area contributed by atoms with Crippen LogP contribution in [0.25, 0.3) is 0 Å². The number of methoxy groups -OCH3 is 1. The number of nitrogens with zero attached hydrogens (tertiary/aromatic N) is 3. The molecule has 0 aliphatic carbocycles. The van der Waals surface area contributed by atoms with Crippen LogP contribution in [0.5, 0.6) is 5.75 Å². The van der Waals surface area contributed by atoms with E-state index in [9.17, 15) is 9.59 Å². The molecule has 0 aliphatic rings. The van der Waals surface area contributed by atoms with E-state index in [2.05, 4.69) is 10.4 Å². The lowest BCUT2D eigenvalue weighted by atomic mass is 10.2. The molecule has 2 heterocycles. The molecule has 1 aromatic carbocycles. The number of hydrogen-bond donors (Lipinski definition) is 1. The first-order valence-electron chi connectivity index (χ1n) is 8.25. The third-order valence-corrected chi connectivity index (χ3v) is 4.01. The number of furan rings is 1. The van der Waals surface area contributed by atoms with E-state index < -0.39 is 5.91 Å². The van der Waals surface area contributed by atoms with Crippen LogP contribution in [0.15, 0.2) is 53.1 Å². The highest BCUT2D eigenvalue weighted by Crippen LogP contribution is 2.16. The zero-order valence-electron chi connectivity index (χ0n) is 15.3. The van der Waals surface area contributed by atoms with Gasteiger partial charge in [0.05, 0.1) is 13.4 Å². The number of ether oxygens (including phenoxy) is 1. The predicted octanol–water partition coefficient (Wildman–Crippen LogP) is 2.55. The zero-order valence-corrected chi connectivity index (χ0v) is 15.3. The van der Waals surface area contributed by atoms with Crippen molar-refractivity contribution in [3.63, 3.8) is 0 Å². The van der Waals surface area contributed by atoms with Gasteiger partial charge in [0, 0.05) is 26.7 Å². The van der Waals surface area contributed by atoms with Crippen LogP contribution >= 0.6 is 0 Å². The summed E-state index contributed by atoms with van der Waals surface area (Å²) in [5.41, 5.74) is 1.21. The Kier molecular flexibility index (Phi) is 5.25. The molecule has 8 nitrogen and oxygen atoms in total. The molecule has 2 amide bonds. The second-order valence-corrected chi connectivity index (χ2v) is 5.98. The Labute approximate surface area is 156 Å². The summed E-state index contributed by atoms with van der Waals surface area (Å²) < 4.78 is 11.6. The summed E-state index contributed by atoms with van der Waals surface area (Å²) in [5.74, 6) is 0.682. The first-order chi connectivity index (χ1) is 13.0. The molecular formula is C19H20N4O4. The van der Waals surface area contributed by atoms with Crippen molar-refractivity contribution in [3.8, 4) is 5.75 Å². The van der Waals surface area contributed by atoms with Crippen molar-refractivity contribution >= 4 is 17.6 Å². The standard InChI is InChI=1S/C19H20N4O4/c1-22(12-13-6-8-14(26-3)9-7-13)19(25)15-11-17(23(2)21-15)20-18(24)16-5-4-10-27-16/h4-11H,12H2,1-3H3,(H,20,24). The van der Waals surface area contributed by atoms with Crippen LogP contribution in [0.2, 0.25) is 0 Å². The summed E-state index contributed by atoms with van der Waals surface area (Å²) in [7, 11) is 4.95. The van der Waals surface area contributed by atoms with Crippen LogP contribution in [0.1, 0.15) is 26.6 Å². The van der Waals surface area contributed by atoms with Crippen molar-refractivity contribution in [2.45, 2.75) is 6.54 Å². The van der Waals surface area contributed by atoms with E-state index in [0.29, 0.717) is 12.4 Å². The molecule has 3 rings (SSSR count). The Morgan fingerprint density at radius 3 is 2.63 bits per heavy atom. The second kappa shape index (κ2) is 7.77. The van der Waals surface area contributed by atoms with E-state index >= 15 is 0 Å². The minimum Gasteiger partial charge on any atom is -0.497 e. The van der Waals surface area contributed by atoms with Crippen molar-refractivity contribution in [1.29, 1.82) is 0 Å². The third kappa shape index (κ3) is 4.17. The summed E-state index contributed by atoms with van der Waals surface area (Å²) in [6, 6.07) is 12.2. The fourth-order valence-corrected chi connectivity index (χ4v) is 2.55. The van der Waals surface area contributed by atoms with Crippen LogP contribution in [-0.2, 0) is 13.6 Å². The second-order valence-electron chi connectivity index (χ2n) is 5.98. The molecule has 0 saturated heterocycles. The Morgan fingerprint density at radius 2 is 2.00 bits per heavy atom. The van der Waals surface area contributed by atoms with Crippen molar-refractivity contribution in [3.05, 3.63) is 65.7 Å². The minimum absolute atomic E-state index is 0.181. The van der Waals surface area contributed by atoms with E-state index in [1.165, 1.54) is 17.0 Å². The van der Waals surface area contributed by atoms with Gasteiger partial charge < -0.3 is 19.4 Å². The Hall–Kier alpha value is -3.55. The number of hydrogen-bond acceptors (Lipinski definition) is 5. The van der Waals surface area contributed by atoms with Crippen molar-refractivity contribution in [2.24, 2.45) is 7.05 Å².